The van der Waals surface area contributed by atoms with Gasteiger partial charge in [0, 0.05) is 15.8 Å². The van der Waals surface area contributed by atoms with Gasteiger partial charge in [-0.05, 0) is 48.1 Å². The Bertz CT molecular complexity index is 448. The Balaban J connectivity index is 2.27. The van der Waals surface area contributed by atoms with E-state index >= 15 is 0 Å². The van der Waals surface area contributed by atoms with Crippen LogP contribution in [0.3, 0.4) is 0 Å². The van der Waals surface area contributed by atoms with Crippen LogP contribution in [-0.4, -0.2) is 16.4 Å². The summed E-state index contributed by atoms with van der Waals surface area (Å²) in [6.07, 6.45) is 2.01. The van der Waals surface area contributed by atoms with Gasteiger partial charge in [-0.2, -0.15) is 4.37 Å². The summed E-state index contributed by atoms with van der Waals surface area (Å²) in [5.41, 5.74) is 1.22. The summed E-state index contributed by atoms with van der Waals surface area (Å²) < 4.78 is 4.02. The fraction of sp³-hybridized carbons (Fsp3) is 0.0909. The minimum atomic E-state index is -0.0103. The van der Waals surface area contributed by atoms with Crippen molar-refractivity contribution < 1.29 is 4.79 Å². The predicted molar refractivity (Wildman–Crippen MR) is 63.8 cm³/mol. The highest BCUT2D eigenvalue weighted by Crippen LogP contribution is 2.16. The first-order valence-electron chi connectivity index (χ1n) is 4.40. The molecule has 1 aromatic heterocycles. The predicted octanol–water partition coefficient (Wildman–Crippen LogP) is 3.10. The molecule has 0 radical (unpaired) electrons. The highest BCUT2D eigenvalue weighted by atomic mass is 32.2. The van der Waals surface area contributed by atoms with Crippen LogP contribution >= 0.6 is 23.3 Å². The minimum Gasteiger partial charge on any atom is -0.287 e. The first-order valence-corrected chi connectivity index (χ1v) is 6.46. The Morgan fingerprint density at radius 1 is 1.27 bits per heavy atom. The molecule has 0 bridgehead atoms. The molecule has 1 heterocycles. The molecule has 0 atom stereocenters. The van der Waals surface area contributed by atoms with Gasteiger partial charge < -0.3 is 0 Å². The van der Waals surface area contributed by atoms with E-state index in [0.717, 1.165) is 4.90 Å². The van der Waals surface area contributed by atoms with E-state index in [1.807, 2.05) is 35.9 Å². The number of ketones is 1. The highest BCUT2D eigenvalue weighted by molar-refractivity contribution is 7.98. The van der Waals surface area contributed by atoms with Crippen LogP contribution in [0.1, 0.15) is 16.1 Å². The van der Waals surface area contributed by atoms with Crippen LogP contribution < -0.4 is 0 Å². The van der Waals surface area contributed by atoms with E-state index < -0.39 is 0 Å². The summed E-state index contributed by atoms with van der Waals surface area (Å²) in [6, 6.07) is 9.32. The lowest BCUT2D eigenvalue weighted by atomic mass is 10.1. The fourth-order valence-electron chi connectivity index (χ4n) is 1.22. The average molecular weight is 235 g/mol. The van der Waals surface area contributed by atoms with Gasteiger partial charge in [0.2, 0.25) is 5.78 Å². The molecule has 0 aliphatic carbocycles. The maximum Gasteiger partial charge on any atom is 0.212 e. The van der Waals surface area contributed by atoms with Gasteiger partial charge in [0.05, 0.1) is 0 Å². The van der Waals surface area contributed by atoms with Crippen LogP contribution in [0.15, 0.2) is 40.6 Å². The molecule has 2 rings (SSSR count). The zero-order valence-corrected chi connectivity index (χ0v) is 9.77. The van der Waals surface area contributed by atoms with Gasteiger partial charge in [-0.15, -0.1) is 11.8 Å². The monoisotopic (exact) mass is 235 g/mol. The van der Waals surface area contributed by atoms with Crippen molar-refractivity contribution >= 4 is 29.1 Å². The second-order valence-electron chi connectivity index (χ2n) is 2.94. The summed E-state index contributed by atoms with van der Waals surface area (Å²) in [7, 11) is 0. The molecule has 2 aromatic rings. The number of carbonyl (C=O) groups is 1. The van der Waals surface area contributed by atoms with Crippen molar-refractivity contribution in [2.45, 2.75) is 4.90 Å². The maximum absolute atomic E-state index is 11.8. The van der Waals surface area contributed by atoms with Gasteiger partial charge in [0.25, 0.3) is 0 Å². The zero-order chi connectivity index (χ0) is 10.7. The fourth-order valence-corrected chi connectivity index (χ4v) is 2.14. The van der Waals surface area contributed by atoms with E-state index in [9.17, 15) is 4.79 Å². The molecule has 0 aliphatic rings. The summed E-state index contributed by atoms with van der Waals surface area (Å²) in [6.45, 7) is 0. The Labute approximate surface area is 96.5 Å². The molecule has 0 saturated heterocycles. The number of carbonyl (C=O) groups excluding carboxylic acids is 1. The van der Waals surface area contributed by atoms with Gasteiger partial charge in [-0.3, -0.25) is 4.79 Å². The van der Waals surface area contributed by atoms with Crippen LogP contribution in [0.5, 0.6) is 0 Å². The Morgan fingerprint density at radius 2 is 2.00 bits per heavy atom. The topological polar surface area (TPSA) is 30.0 Å². The van der Waals surface area contributed by atoms with E-state index in [2.05, 4.69) is 4.37 Å². The molecule has 0 spiro atoms. The number of aromatic nitrogens is 1. The van der Waals surface area contributed by atoms with Gasteiger partial charge in [0.15, 0.2) is 0 Å². The highest BCUT2D eigenvalue weighted by Gasteiger charge is 2.10. The van der Waals surface area contributed by atoms with E-state index in [4.69, 9.17) is 0 Å². The Morgan fingerprint density at radius 3 is 2.53 bits per heavy atom. The van der Waals surface area contributed by atoms with Gasteiger partial charge in [-0.25, -0.2) is 0 Å². The molecular formula is C11H9NOS2. The van der Waals surface area contributed by atoms with Crippen LogP contribution in [0, 0.1) is 0 Å². The number of hydrogen-bond acceptors (Lipinski definition) is 4. The molecule has 4 heteroatoms. The van der Waals surface area contributed by atoms with E-state index in [1.165, 1.54) is 11.5 Å². The van der Waals surface area contributed by atoms with Crippen molar-refractivity contribution in [3.8, 4) is 0 Å². The molecule has 0 unspecified atom stereocenters. The second kappa shape index (κ2) is 4.59. The molecule has 0 amide bonds. The van der Waals surface area contributed by atoms with E-state index in [1.54, 1.807) is 17.8 Å². The molecule has 0 aliphatic heterocycles. The Hall–Kier alpha value is -1.13. The lowest BCUT2D eigenvalue weighted by molar-refractivity contribution is 0.103. The molecule has 0 fully saturated rings. The minimum absolute atomic E-state index is 0.0103. The molecule has 15 heavy (non-hydrogen) atoms. The van der Waals surface area contributed by atoms with Gasteiger partial charge in [-0.1, -0.05) is 0 Å². The standard InChI is InChI=1S/C11H9NOS2/c1-14-9-4-2-8(3-5-9)11(13)10-6-7-15-12-10/h2-7H,1H3. The normalized spacial score (nSPS) is 10.2. The molecular weight excluding hydrogens is 226 g/mol. The number of nitrogens with zero attached hydrogens (tertiary/aromatic N) is 1. The third-order valence-corrected chi connectivity index (χ3v) is 3.33. The van der Waals surface area contributed by atoms with Crippen LogP contribution in [0.25, 0.3) is 0 Å². The lowest BCUT2D eigenvalue weighted by Crippen LogP contribution is -2.00. The van der Waals surface area contributed by atoms with Crippen molar-refractivity contribution in [1.29, 1.82) is 0 Å². The number of thioether (sulfide) groups is 1. The van der Waals surface area contributed by atoms with Crippen LogP contribution in [-0.2, 0) is 0 Å². The summed E-state index contributed by atoms with van der Waals surface area (Å²) in [4.78, 5) is 13.0. The van der Waals surface area contributed by atoms with Crippen molar-refractivity contribution in [2.24, 2.45) is 0 Å². The summed E-state index contributed by atoms with van der Waals surface area (Å²) in [5, 5.41) is 1.81. The molecule has 76 valence electrons. The van der Waals surface area contributed by atoms with E-state index in [0.29, 0.717) is 11.3 Å². The van der Waals surface area contributed by atoms with Gasteiger partial charge in [0.1, 0.15) is 5.69 Å². The third-order valence-electron chi connectivity index (χ3n) is 2.02. The molecule has 0 saturated carbocycles. The van der Waals surface area contributed by atoms with Crippen molar-refractivity contribution in [3.63, 3.8) is 0 Å². The largest absolute Gasteiger partial charge is 0.287 e. The van der Waals surface area contributed by atoms with Crippen LogP contribution in [0.4, 0.5) is 0 Å². The van der Waals surface area contributed by atoms with Crippen LogP contribution in [0.2, 0.25) is 0 Å². The zero-order valence-electron chi connectivity index (χ0n) is 8.14. The maximum atomic E-state index is 11.8. The van der Waals surface area contributed by atoms with E-state index in [-0.39, 0.29) is 5.78 Å². The van der Waals surface area contributed by atoms with Crippen molar-refractivity contribution in [2.75, 3.05) is 6.26 Å². The van der Waals surface area contributed by atoms with Gasteiger partial charge >= 0.3 is 0 Å². The summed E-state index contributed by atoms with van der Waals surface area (Å²) >= 11 is 2.96. The first kappa shape index (κ1) is 10.4. The Kier molecular flexibility index (Phi) is 3.18. The average Bonchev–Trinajstić information content (AvgIpc) is 2.82. The molecule has 0 N–H and O–H groups in total. The third kappa shape index (κ3) is 2.27. The SMILES string of the molecule is CSc1ccc(C(=O)c2ccsn2)cc1. The second-order valence-corrected chi connectivity index (χ2v) is 4.49. The number of rotatable bonds is 3. The first-order chi connectivity index (χ1) is 7.31. The molecule has 1 aromatic carbocycles. The quantitative estimate of drug-likeness (QED) is 0.605. The number of benzene rings is 1. The summed E-state index contributed by atoms with van der Waals surface area (Å²) in [5.74, 6) is -0.0103. The molecule has 2 nitrogen and oxygen atoms in total. The number of hydrogen-bond donors (Lipinski definition) is 0. The lowest BCUT2D eigenvalue weighted by Gasteiger charge is -1.99. The smallest absolute Gasteiger partial charge is 0.212 e. The van der Waals surface area contributed by atoms with Crippen molar-refractivity contribution in [3.05, 3.63) is 47.0 Å². The van der Waals surface area contributed by atoms with Crippen molar-refractivity contribution in [1.82, 2.24) is 4.37 Å².